The van der Waals surface area contributed by atoms with Crippen LogP contribution in [0, 0.1) is 5.92 Å². The number of methoxy groups -OCH3 is 1. The summed E-state index contributed by atoms with van der Waals surface area (Å²) >= 11 is 0. The molecule has 3 heteroatoms. The van der Waals surface area contributed by atoms with Crippen molar-refractivity contribution < 1.29 is 9.53 Å². The maximum Gasteiger partial charge on any atom is 0.306 e. The number of ether oxygens (including phenoxy) is 1. The maximum absolute atomic E-state index is 11.0. The van der Waals surface area contributed by atoms with Crippen molar-refractivity contribution in [2.24, 2.45) is 5.92 Å². The lowest BCUT2D eigenvalue weighted by Gasteiger charge is -2.21. The molecule has 1 N–H and O–H groups in total. The van der Waals surface area contributed by atoms with E-state index in [1.165, 1.54) is 12.7 Å². The van der Waals surface area contributed by atoms with Crippen LogP contribution in [0.25, 0.3) is 0 Å². The Balaban J connectivity index is 2.43. The fraction of sp³-hybridized carbons (Fsp3) is 0.533. The largest absolute Gasteiger partial charge is 0.469 e. The predicted molar refractivity (Wildman–Crippen MR) is 73.5 cm³/mol. The van der Waals surface area contributed by atoms with Crippen LogP contribution in [0.2, 0.25) is 0 Å². The number of carbonyl (C=O) groups is 1. The van der Waals surface area contributed by atoms with Gasteiger partial charge in [0, 0.05) is 13.1 Å². The molecule has 0 heterocycles. The Morgan fingerprint density at radius 2 is 1.94 bits per heavy atom. The average Bonchev–Trinajstić information content (AvgIpc) is 2.38. The highest BCUT2D eigenvalue weighted by Gasteiger charge is 2.15. The average molecular weight is 249 g/mol. The number of esters is 1. The number of rotatable bonds is 7. The Kier molecular flexibility index (Phi) is 6.44. The molecule has 0 amide bonds. The number of nitrogens with one attached hydrogen (secondary N) is 1. The van der Waals surface area contributed by atoms with Crippen molar-refractivity contribution >= 4 is 5.97 Å². The smallest absolute Gasteiger partial charge is 0.306 e. The second-order valence-corrected chi connectivity index (χ2v) is 4.79. The second-order valence-electron chi connectivity index (χ2n) is 4.79. The molecule has 0 saturated heterocycles. The van der Waals surface area contributed by atoms with Crippen molar-refractivity contribution in [2.75, 3.05) is 20.2 Å². The Morgan fingerprint density at radius 1 is 1.28 bits per heavy atom. The molecule has 1 atom stereocenters. The van der Waals surface area contributed by atoms with Gasteiger partial charge in [0.1, 0.15) is 0 Å². The van der Waals surface area contributed by atoms with Crippen LogP contribution in [0.1, 0.15) is 31.7 Å². The van der Waals surface area contributed by atoms with E-state index < -0.39 is 0 Å². The summed E-state index contributed by atoms with van der Waals surface area (Å²) in [6, 6.07) is 10.5. The molecule has 18 heavy (non-hydrogen) atoms. The number of hydrogen-bond donors (Lipinski definition) is 1. The van der Waals surface area contributed by atoms with Crippen molar-refractivity contribution in [3.05, 3.63) is 35.9 Å². The first-order valence-electron chi connectivity index (χ1n) is 6.47. The van der Waals surface area contributed by atoms with E-state index in [2.05, 4.69) is 48.2 Å². The highest BCUT2D eigenvalue weighted by Crippen LogP contribution is 2.23. The molecule has 0 aromatic heterocycles. The summed E-state index contributed by atoms with van der Waals surface area (Å²) in [4.78, 5) is 11.0. The SMILES string of the molecule is COC(=O)CCNCC(c1ccccc1)C(C)C. The third-order valence-corrected chi connectivity index (χ3v) is 3.13. The van der Waals surface area contributed by atoms with E-state index in [1.807, 2.05) is 6.07 Å². The van der Waals surface area contributed by atoms with Crippen molar-refractivity contribution in [1.29, 1.82) is 0 Å². The molecular formula is C15H23NO2. The van der Waals surface area contributed by atoms with Gasteiger partial charge in [0.15, 0.2) is 0 Å². The van der Waals surface area contributed by atoms with Crippen LogP contribution in [0.15, 0.2) is 30.3 Å². The summed E-state index contributed by atoms with van der Waals surface area (Å²) in [5, 5.41) is 3.33. The molecule has 0 saturated carbocycles. The minimum absolute atomic E-state index is 0.164. The highest BCUT2D eigenvalue weighted by molar-refractivity contribution is 5.69. The highest BCUT2D eigenvalue weighted by atomic mass is 16.5. The molecule has 0 bridgehead atoms. The van der Waals surface area contributed by atoms with Gasteiger partial charge < -0.3 is 10.1 Å². The summed E-state index contributed by atoms with van der Waals surface area (Å²) in [6.45, 7) is 6.00. The van der Waals surface area contributed by atoms with E-state index in [0.29, 0.717) is 24.8 Å². The van der Waals surface area contributed by atoms with Gasteiger partial charge in [-0.3, -0.25) is 4.79 Å². The van der Waals surface area contributed by atoms with Crippen LogP contribution < -0.4 is 5.32 Å². The van der Waals surface area contributed by atoms with E-state index >= 15 is 0 Å². The van der Waals surface area contributed by atoms with Gasteiger partial charge in [0.25, 0.3) is 0 Å². The predicted octanol–water partition coefficient (Wildman–Crippen LogP) is 2.58. The van der Waals surface area contributed by atoms with Gasteiger partial charge in [-0.1, -0.05) is 44.2 Å². The number of hydrogen-bond acceptors (Lipinski definition) is 3. The first kappa shape index (κ1) is 14.7. The molecule has 0 aliphatic carbocycles. The second kappa shape index (κ2) is 7.88. The van der Waals surface area contributed by atoms with Crippen molar-refractivity contribution in [3.8, 4) is 0 Å². The minimum Gasteiger partial charge on any atom is -0.469 e. The summed E-state index contributed by atoms with van der Waals surface area (Å²) in [5.74, 6) is 0.880. The molecule has 1 aromatic carbocycles. The van der Waals surface area contributed by atoms with Crippen LogP contribution in [0.5, 0.6) is 0 Å². The van der Waals surface area contributed by atoms with Crippen molar-refractivity contribution in [3.63, 3.8) is 0 Å². The van der Waals surface area contributed by atoms with Gasteiger partial charge in [-0.2, -0.15) is 0 Å². The molecule has 3 nitrogen and oxygen atoms in total. The lowest BCUT2D eigenvalue weighted by molar-refractivity contribution is -0.140. The third-order valence-electron chi connectivity index (χ3n) is 3.13. The number of carbonyl (C=O) groups excluding carboxylic acids is 1. The third kappa shape index (κ3) is 4.88. The Labute approximate surface area is 110 Å². The fourth-order valence-electron chi connectivity index (χ4n) is 1.99. The molecule has 100 valence electrons. The first-order valence-corrected chi connectivity index (χ1v) is 6.47. The molecule has 0 aliphatic rings. The van der Waals surface area contributed by atoms with Crippen LogP contribution >= 0.6 is 0 Å². The molecule has 0 radical (unpaired) electrons. The molecule has 1 aromatic rings. The lowest BCUT2D eigenvalue weighted by atomic mass is 9.88. The summed E-state index contributed by atoms with van der Waals surface area (Å²) in [7, 11) is 1.42. The van der Waals surface area contributed by atoms with Crippen LogP contribution in [0.3, 0.4) is 0 Å². The van der Waals surface area contributed by atoms with E-state index in [0.717, 1.165) is 6.54 Å². The normalized spacial score (nSPS) is 12.4. The maximum atomic E-state index is 11.0. The fourth-order valence-corrected chi connectivity index (χ4v) is 1.99. The van der Waals surface area contributed by atoms with E-state index in [9.17, 15) is 4.79 Å². The van der Waals surface area contributed by atoms with E-state index in [4.69, 9.17) is 0 Å². The van der Waals surface area contributed by atoms with E-state index in [1.54, 1.807) is 0 Å². The summed E-state index contributed by atoms with van der Waals surface area (Å²) in [6.07, 6.45) is 0.427. The number of benzene rings is 1. The van der Waals surface area contributed by atoms with Gasteiger partial charge in [0.05, 0.1) is 13.5 Å². The first-order chi connectivity index (χ1) is 8.65. The van der Waals surface area contributed by atoms with Gasteiger partial charge in [-0.05, 0) is 17.4 Å². The zero-order valence-corrected chi connectivity index (χ0v) is 11.5. The zero-order chi connectivity index (χ0) is 13.4. The molecular weight excluding hydrogens is 226 g/mol. The zero-order valence-electron chi connectivity index (χ0n) is 11.5. The van der Waals surface area contributed by atoms with E-state index in [-0.39, 0.29) is 5.97 Å². The van der Waals surface area contributed by atoms with Gasteiger partial charge in [-0.25, -0.2) is 0 Å². The molecule has 1 unspecified atom stereocenters. The van der Waals surface area contributed by atoms with Crippen LogP contribution in [-0.2, 0) is 9.53 Å². The van der Waals surface area contributed by atoms with Gasteiger partial charge >= 0.3 is 5.97 Å². The quantitative estimate of drug-likeness (QED) is 0.596. The summed E-state index contributed by atoms with van der Waals surface area (Å²) in [5.41, 5.74) is 1.35. The van der Waals surface area contributed by atoms with Crippen LogP contribution in [-0.4, -0.2) is 26.2 Å². The Bertz CT molecular complexity index is 349. The van der Waals surface area contributed by atoms with Crippen molar-refractivity contribution in [1.82, 2.24) is 5.32 Å². The Morgan fingerprint density at radius 3 is 2.50 bits per heavy atom. The Hall–Kier alpha value is -1.35. The minimum atomic E-state index is -0.164. The van der Waals surface area contributed by atoms with Crippen molar-refractivity contribution in [2.45, 2.75) is 26.2 Å². The molecule has 0 aliphatic heterocycles. The molecule has 1 rings (SSSR count). The lowest BCUT2D eigenvalue weighted by Crippen LogP contribution is -2.27. The van der Waals surface area contributed by atoms with Gasteiger partial charge in [-0.15, -0.1) is 0 Å². The standard InChI is InChI=1S/C15H23NO2/c1-12(2)14(13-7-5-4-6-8-13)11-16-10-9-15(17)18-3/h4-8,12,14,16H,9-11H2,1-3H3. The van der Waals surface area contributed by atoms with Gasteiger partial charge in [0.2, 0.25) is 0 Å². The monoisotopic (exact) mass is 249 g/mol. The summed E-state index contributed by atoms with van der Waals surface area (Å²) < 4.78 is 4.61. The molecule has 0 fully saturated rings. The van der Waals surface area contributed by atoms with Crippen LogP contribution in [0.4, 0.5) is 0 Å². The topological polar surface area (TPSA) is 38.3 Å². The molecule has 0 spiro atoms.